The average Bonchev–Trinajstić information content (AvgIpc) is 2.33. The zero-order valence-electron chi connectivity index (χ0n) is 13.6. The maximum Gasteiger partial charge on any atom is 0.410 e. The van der Waals surface area contributed by atoms with Crippen molar-refractivity contribution in [1.82, 2.24) is 4.90 Å². The largest absolute Gasteiger partial charge is 0.444 e. The Labute approximate surface area is 139 Å². The number of nitrogens with zero attached hydrogens (tertiary/aromatic N) is 2. The molecule has 1 aliphatic heterocycles. The molecule has 0 spiro atoms. The molecule has 8 heteroatoms. The van der Waals surface area contributed by atoms with Gasteiger partial charge in [0.2, 0.25) is 0 Å². The minimum atomic E-state index is -0.516. The van der Waals surface area contributed by atoms with Crippen molar-refractivity contribution < 1.29 is 14.5 Å². The van der Waals surface area contributed by atoms with Crippen molar-refractivity contribution in [3.63, 3.8) is 0 Å². The van der Waals surface area contributed by atoms with Crippen LogP contribution in [0.4, 0.5) is 16.2 Å². The predicted molar refractivity (Wildman–Crippen MR) is 88.1 cm³/mol. The number of ether oxygens (including phenoxy) is 1. The van der Waals surface area contributed by atoms with Crippen molar-refractivity contribution in [1.29, 1.82) is 0 Å². The Balaban J connectivity index is 1.95. The van der Waals surface area contributed by atoms with Crippen LogP contribution in [0.1, 0.15) is 26.3 Å². The quantitative estimate of drug-likeness (QED) is 0.670. The van der Waals surface area contributed by atoms with E-state index in [4.69, 9.17) is 16.3 Å². The van der Waals surface area contributed by atoms with Gasteiger partial charge in [0.15, 0.2) is 0 Å². The highest BCUT2D eigenvalue weighted by molar-refractivity contribution is 6.33. The fourth-order valence-corrected chi connectivity index (χ4v) is 2.46. The fourth-order valence-electron chi connectivity index (χ4n) is 2.23. The maximum absolute atomic E-state index is 11.9. The summed E-state index contributed by atoms with van der Waals surface area (Å²) in [5, 5.41) is 14.2. The van der Waals surface area contributed by atoms with Gasteiger partial charge in [-0.2, -0.15) is 0 Å². The first kappa shape index (κ1) is 17.3. The Morgan fingerprint density at radius 1 is 1.43 bits per heavy atom. The Morgan fingerprint density at radius 3 is 2.57 bits per heavy atom. The SMILES string of the molecule is Cc1cc([N+](=O)[O-])c(Cl)cc1NC1CN(C(=O)OC(C)(C)C)C1. The summed E-state index contributed by atoms with van der Waals surface area (Å²) >= 11 is 5.93. The van der Waals surface area contributed by atoms with Crippen molar-refractivity contribution in [3.05, 3.63) is 32.8 Å². The van der Waals surface area contributed by atoms with Crippen molar-refractivity contribution in [2.75, 3.05) is 18.4 Å². The van der Waals surface area contributed by atoms with Crippen LogP contribution >= 0.6 is 11.6 Å². The van der Waals surface area contributed by atoms with E-state index in [9.17, 15) is 14.9 Å². The van der Waals surface area contributed by atoms with Gasteiger partial charge in [0.05, 0.1) is 11.0 Å². The van der Waals surface area contributed by atoms with Gasteiger partial charge in [-0.15, -0.1) is 0 Å². The third kappa shape index (κ3) is 4.25. The van der Waals surface area contributed by atoms with Gasteiger partial charge in [-0.05, 0) is 39.3 Å². The van der Waals surface area contributed by atoms with E-state index in [-0.39, 0.29) is 22.8 Å². The number of nitro groups is 1. The number of hydrogen-bond donors (Lipinski definition) is 1. The molecule has 126 valence electrons. The molecule has 0 radical (unpaired) electrons. The number of carbonyl (C=O) groups excluding carboxylic acids is 1. The number of aryl methyl sites for hydroxylation is 1. The number of rotatable bonds is 3. The van der Waals surface area contributed by atoms with E-state index in [0.717, 1.165) is 11.3 Å². The molecule has 7 nitrogen and oxygen atoms in total. The number of hydrogen-bond acceptors (Lipinski definition) is 5. The Kier molecular flexibility index (Phi) is 4.70. The van der Waals surface area contributed by atoms with Gasteiger partial charge < -0.3 is 15.0 Å². The minimum Gasteiger partial charge on any atom is -0.444 e. The molecule has 1 saturated heterocycles. The molecule has 0 bridgehead atoms. The van der Waals surface area contributed by atoms with E-state index in [0.29, 0.717) is 13.1 Å². The molecular weight excluding hydrogens is 322 g/mol. The van der Waals surface area contributed by atoms with Crippen LogP contribution in [0.2, 0.25) is 5.02 Å². The Morgan fingerprint density at radius 2 is 2.04 bits per heavy atom. The molecule has 1 heterocycles. The second-order valence-corrected chi connectivity index (χ2v) is 7.01. The summed E-state index contributed by atoms with van der Waals surface area (Å²) in [5.41, 5.74) is 0.836. The number of nitro benzene ring substituents is 1. The molecule has 1 aromatic rings. The van der Waals surface area contributed by atoms with Gasteiger partial charge >= 0.3 is 6.09 Å². The summed E-state index contributed by atoms with van der Waals surface area (Å²) in [5.74, 6) is 0. The molecule has 0 atom stereocenters. The minimum absolute atomic E-state index is 0.0683. The van der Waals surface area contributed by atoms with Gasteiger partial charge in [-0.25, -0.2) is 4.79 Å². The van der Waals surface area contributed by atoms with Crippen LogP contribution in [0.15, 0.2) is 12.1 Å². The first-order chi connectivity index (χ1) is 10.6. The average molecular weight is 342 g/mol. The Bertz CT molecular complexity index is 636. The van der Waals surface area contributed by atoms with Crippen LogP contribution in [0.5, 0.6) is 0 Å². The molecule has 2 rings (SSSR count). The Hall–Kier alpha value is -2.02. The number of nitrogens with one attached hydrogen (secondary N) is 1. The highest BCUT2D eigenvalue weighted by atomic mass is 35.5. The van der Waals surface area contributed by atoms with Crippen LogP contribution in [-0.4, -0.2) is 40.6 Å². The monoisotopic (exact) mass is 341 g/mol. The molecular formula is C15H20ClN3O4. The van der Waals surface area contributed by atoms with Crippen molar-refractivity contribution in [2.24, 2.45) is 0 Å². The number of benzene rings is 1. The fraction of sp³-hybridized carbons (Fsp3) is 0.533. The summed E-state index contributed by atoms with van der Waals surface area (Å²) in [6.45, 7) is 8.27. The summed E-state index contributed by atoms with van der Waals surface area (Å²) < 4.78 is 5.29. The van der Waals surface area contributed by atoms with Gasteiger partial charge in [0, 0.05) is 24.8 Å². The second-order valence-electron chi connectivity index (χ2n) is 6.60. The smallest absolute Gasteiger partial charge is 0.410 e. The molecule has 1 fully saturated rings. The first-order valence-corrected chi connectivity index (χ1v) is 7.63. The van der Waals surface area contributed by atoms with Gasteiger partial charge in [0.25, 0.3) is 5.69 Å². The number of carbonyl (C=O) groups is 1. The second kappa shape index (κ2) is 6.23. The molecule has 1 amide bonds. The van der Waals surface area contributed by atoms with E-state index in [2.05, 4.69) is 5.32 Å². The van der Waals surface area contributed by atoms with E-state index >= 15 is 0 Å². The third-order valence-corrected chi connectivity index (χ3v) is 3.69. The van der Waals surface area contributed by atoms with Gasteiger partial charge in [0.1, 0.15) is 10.6 Å². The third-order valence-electron chi connectivity index (χ3n) is 3.38. The predicted octanol–water partition coefficient (Wildman–Crippen LogP) is 3.59. The van der Waals surface area contributed by atoms with Gasteiger partial charge in [-0.1, -0.05) is 11.6 Å². The van der Waals surface area contributed by atoms with Crippen LogP contribution in [0.25, 0.3) is 0 Å². The van der Waals surface area contributed by atoms with Crippen LogP contribution in [0, 0.1) is 17.0 Å². The van der Waals surface area contributed by atoms with E-state index in [1.165, 1.54) is 6.07 Å². The molecule has 0 aromatic heterocycles. The number of likely N-dealkylation sites (tertiary alicyclic amines) is 1. The van der Waals surface area contributed by atoms with Crippen LogP contribution in [0.3, 0.4) is 0 Å². The first-order valence-electron chi connectivity index (χ1n) is 7.26. The number of halogens is 1. The lowest BCUT2D eigenvalue weighted by Crippen LogP contribution is -2.58. The van der Waals surface area contributed by atoms with Crippen molar-refractivity contribution >= 4 is 29.1 Å². The summed E-state index contributed by atoms with van der Waals surface area (Å²) in [6.07, 6.45) is -0.339. The molecule has 23 heavy (non-hydrogen) atoms. The standard InChI is InChI=1S/C15H20ClN3O4/c1-9-5-13(19(21)22)11(16)6-12(9)17-10-7-18(8-10)14(20)23-15(2,3)4/h5-6,10,17H,7-8H2,1-4H3. The molecule has 0 unspecified atom stereocenters. The lowest BCUT2D eigenvalue weighted by Gasteiger charge is -2.40. The lowest BCUT2D eigenvalue weighted by atomic mass is 10.1. The molecule has 0 aliphatic carbocycles. The van der Waals surface area contributed by atoms with Crippen LogP contribution < -0.4 is 5.32 Å². The zero-order chi connectivity index (χ0) is 17.4. The van der Waals surface area contributed by atoms with E-state index < -0.39 is 10.5 Å². The zero-order valence-corrected chi connectivity index (χ0v) is 14.3. The number of amides is 1. The van der Waals surface area contributed by atoms with Crippen molar-refractivity contribution in [3.8, 4) is 0 Å². The lowest BCUT2D eigenvalue weighted by molar-refractivity contribution is -0.384. The normalized spacial score (nSPS) is 15.1. The topological polar surface area (TPSA) is 84.7 Å². The molecule has 1 N–H and O–H groups in total. The summed E-state index contributed by atoms with van der Waals surface area (Å²) in [7, 11) is 0. The van der Waals surface area contributed by atoms with Crippen molar-refractivity contribution in [2.45, 2.75) is 39.3 Å². The van der Waals surface area contributed by atoms with Gasteiger partial charge in [-0.3, -0.25) is 10.1 Å². The molecule has 0 saturated carbocycles. The highest BCUT2D eigenvalue weighted by Gasteiger charge is 2.34. The summed E-state index contributed by atoms with van der Waals surface area (Å²) in [4.78, 5) is 23.8. The number of anilines is 1. The molecule has 1 aliphatic rings. The maximum atomic E-state index is 11.9. The van der Waals surface area contributed by atoms with Crippen LogP contribution in [-0.2, 0) is 4.74 Å². The highest BCUT2D eigenvalue weighted by Crippen LogP contribution is 2.31. The van der Waals surface area contributed by atoms with E-state index in [1.54, 1.807) is 17.9 Å². The molecule has 1 aromatic carbocycles. The van der Waals surface area contributed by atoms with E-state index in [1.807, 2.05) is 20.8 Å². The summed E-state index contributed by atoms with van der Waals surface area (Å²) in [6, 6.07) is 3.05.